The van der Waals surface area contributed by atoms with E-state index in [1.165, 1.54) is 43.2 Å². The first-order valence-electron chi connectivity index (χ1n) is 6.65. The lowest BCUT2D eigenvalue weighted by Gasteiger charge is -2.05. The highest BCUT2D eigenvalue weighted by Gasteiger charge is 1.95. The van der Waals surface area contributed by atoms with Crippen LogP contribution in [0.1, 0.15) is 44.2 Å². The van der Waals surface area contributed by atoms with Gasteiger partial charge in [0.1, 0.15) is 0 Å². The zero-order valence-electron chi connectivity index (χ0n) is 10.8. The molecule has 0 bridgehead atoms. The number of benzene rings is 1. The molecular formula is C15H25N. The Kier molecular flexibility index (Phi) is 6.91. The van der Waals surface area contributed by atoms with Gasteiger partial charge in [0.2, 0.25) is 0 Å². The molecular weight excluding hydrogens is 194 g/mol. The first-order chi connectivity index (χ1) is 7.86. The largest absolute Gasteiger partial charge is 0.317 e. The van der Waals surface area contributed by atoms with Crippen molar-refractivity contribution in [1.82, 2.24) is 5.32 Å². The van der Waals surface area contributed by atoms with Crippen LogP contribution in [0, 0.1) is 0 Å². The quantitative estimate of drug-likeness (QED) is 0.659. The van der Waals surface area contributed by atoms with Crippen LogP contribution in [0.15, 0.2) is 24.3 Å². The lowest BCUT2D eigenvalue weighted by Crippen LogP contribution is -2.16. The van der Waals surface area contributed by atoms with Crippen molar-refractivity contribution in [3.05, 3.63) is 35.4 Å². The van der Waals surface area contributed by atoms with E-state index in [-0.39, 0.29) is 0 Å². The highest BCUT2D eigenvalue weighted by molar-refractivity contribution is 5.23. The highest BCUT2D eigenvalue weighted by atomic mass is 14.8. The Bertz CT molecular complexity index is 281. The maximum absolute atomic E-state index is 3.45. The lowest BCUT2D eigenvalue weighted by molar-refractivity contribution is 0.640. The van der Waals surface area contributed by atoms with E-state index in [4.69, 9.17) is 0 Å². The van der Waals surface area contributed by atoms with Crippen molar-refractivity contribution in [2.75, 3.05) is 13.1 Å². The van der Waals surface area contributed by atoms with Crippen LogP contribution in [0.2, 0.25) is 0 Å². The van der Waals surface area contributed by atoms with E-state index in [1.807, 2.05) is 0 Å². The molecule has 0 atom stereocenters. The Balaban J connectivity index is 2.27. The molecule has 1 aromatic rings. The normalized spacial score (nSPS) is 10.6. The van der Waals surface area contributed by atoms with Crippen LogP contribution < -0.4 is 5.32 Å². The van der Waals surface area contributed by atoms with Crippen molar-refractivity contribution in [2.24, 2.45) is 0 Å². The average molecular weight is 219 g/mol. The molecule has 1 nitrogen and oxygen atoms in total. The second-order valence-corrected chi connectivity index (χ2v) is 4.42. The Morgan fingerprint density at radius 2 is 1.69 bits per heavy atom. The standard InChI is InChI=1S/C15H25N/c1-3-7-14-8-5-9-15(13-14)10-6-12-16-11-4-2/h5,8-9,13,16H,3-4,6-7,10-12H2,1-2H3. The van der Waals surface area contributed by atoms with Gasteiger partial charge in [-0.15, -0.1) is 0 Å². The second kappa shape index (κ2) is 8.35. The van der Waals surface area contributed by atoms with Gasteiger partial charge in [0, 0.05) is 0 Å². The molecule has 90 valence electrons. The van der Waals surface area contributed by atoms with Crippen molar-refractivity contribution >= 4 is 0 Å². The van der Waals surface area contributed by atoms with E-state index in [0.717, 1.165) is 13.1 Å². The fraction of sp³-hybridized carbons (Fsp3) is 0.600. The van der Waals surface area contributed by atoms with Gasteiger partial charge < -0.3 is 5.32 Å². The van der Waals surface area contributed by atoms with Gasteiger partial charge in [0.25, 0.3) is 0 Å². The third-order valence-electron chi connectivity index (χ3n) is 2.78. The fourth-order valence-corrected chi connectivity index (χ4v) is 1.95. The molecule has 1 heteroatoms. The van der Waals surface area contributed by atoms with E-state index in [9.17, 15) is 0 Å². The third-order valence-corrected chi connectivity index (χ3v) is 2.78. The number of hydrogen-bond donors (Lipinski definition) is 1. The Morgan fingerprint density at radius 3 is 2.38 bits per heavy atom. The number of aryl methyl sites for hydroxylation is 2. The molecule has 0 spiro atoms. The molecule has 0 saturated carbocycles. The van der Waals surface area contributed by atoms with Crippen LogP contribution in [0.5, 0.6) is 0 Å². The van der Waals surface area contributed by atoms with E-state index >= 15 is 0 Å². The molecule has 0 amide bonds. The van der Waals surface area contributed by atoms with E-state index in [0.29, 0.717) is 0 Å². The molecule has 0 radical (unpaired) electrons. The molecule has 0 aliphatic rings. The van der Waals surface area contributed by atoms with Gasteiger partial charge in [0.05, 0.1) is 0 Å². The molecule has 0 aliphatic heterocycles. The van der Waals surface area contributed by atoms with Crippen molar-refractivity contribution in [2.45, 2.75) is 46.0 Å². The van der Waals surface area contributed by atoms with Crippen LogP contribution in [0.4, 0.5) is 0 Å². The molecule has 0 fully saturated rings. The fourth-order valence-electron chi connectivity index (χ4n) is 1.95. The monoisotopic (exact) mass is 219 g/mol. The molecule has 0 saturated heterocycles. The summed E-state index contributed by atoms with van der Waals surface area (Å²) in [4.78, 5) is 0. The van der Waals surface area contributed by atoms with Gasteiger partial charge in [-0.2, -0.15) is 0 Å². The third kappa shape index (κ3) is 5.32. The van der Waals surface area contributed by atoms with Crippen LogP contribution in [0.25, 0.3) is 0 Å². The molecule has 1 N–H and O–H groups in total. The number of hydrogen-bond acceptors (Lipinski definition) is 1. The summed E-state index contributed by atoms with van der Waals surface area (Å²) >= 11 is 0. The van der Waals surface area contributed by atoms with Crippen molar-refractivity contribution in [1.29, 1.82) is 0 Å². The summed E-state index contributed by atoms with van der Waals surface area (Å²) in [6.07, 6.45) is 6.12. The predicted octanol–water partition coefficient (Wildman–Crippen LogP) is 3.57. The summed E-state index contributed by atoms with van der Waals surface area (Å²) in [5, 5.41) is 3.45. The van der Waals surface area contributed by atoms with Gasteiger partial charge in [-0.05, 0) is 49.9 Å². The summed E-state index contributed by atoms with van der Waals surface area (Å²) in [5.41, 5.74) is 2.98. The average Bonchev–Trinajstić information content (AvgIpc) is 2.30. The first-order valence-corrected chi connectivity index (χ1v) is 6.65. The zero-order chi connectivity index (χ0) is 11.6. The minimum absolute atomic E-state index is 1.14. The molecule has 1 rings (SSSR count). The van der Waals surface area contributed by atoms with Crippen LogP contribution in [0.3, 0.4) is 0 Å². The van der Waals surface area contributed by atoms with Gasteiger partial charge in [-0.25, -0.2) is 0 Å². The zero-order valence-corrected chi connectivity index (χ0v) is 10.8. The summed E-state index contributed by atoms with van der Waals surface area (Å²) in [7, 11) is 0. The van der Waals surface area contributed by atoms with Crippen LogP contribution in [-0.2, 0) is 12.8 Å². The maximum Gasteiger partial charge on any atom is -0.00458 e. The van der Waals surface area contributed by atoms with Gasteiger partial charge in [0.15, 0.2) is 0 Å². The van der Waals surface area contributed by atoms with E-state index in [2.05, 4.69) is 43.4 Å². The van der Waals surface area contributed by atoms with Crippen molar-refractivity contribution < 1.29 is 0 Å². The predicted molar refractivity (Wildman–Crippen MR) is 71.9 cm³/mol. The van der Waals surface area contributed by atoms with Crippen molar-refractivity contribution in [3.63, 3.8) is 0 Å². The summed E-state index contributed by atoms with van der Waals surface area (Å²) in [5.74, 6) is 0. The molecule has 0 heterocycles. The number of rotatable bonds is 8. The van der Waals surface area contributed by atoms with Crippen molar-refractivity contribution in [3.8, 4) is 0 Å². The first kappa shape index (κ1) is 13.2. The minimum Gasteiger partial charge on any atom is -0.317 e. The molecule has 0 aliphatic carbocycles. The molecule has 0 unspecified atom stereocenters. The van der Waals surface area contributed by atoms with E-state index in [1.54, 1.807) is 0 Å². The SMILES string of the molecule is CCCNCCCc1cccc(CCC)c1. The lowest BCUT2D eigenvalue weighted by atomic mass is 10.0. The number of nitrogens with one attached hydrogen (secondary N) is 1. The summed E-state index contributed by atoms with van der Waals surface area (Å²) in [6, 6.07) is 9.05. The molecule has 1 aromatic carbocycles. The van der Waals surface area contributed by atoms with E-state index < -0.39 is 0 Å². The van der Waals surface area contributed by atoms with Crippen LogP contribution in [-0.4, -0.2) is 13.1 Å². The minimum atomic E-state index is 1.14. The van der Waals surface area contributed by atoms with Gasteiger partial charge in [-0.3, -0.25) is 0 Å². The smallest absolute Gasteiger partial charge is 0.00458 e. The topological polar surface area (TPSA) is 12.0 Å². The Hall–Kier alpha value is -0.820. The van der Waals surface area contributed by atoms with Gasteiger partial charge in [-0.1, -0.05) is 44.5 Å². The molecule has 16 heavy (non-hydrogen) atoms. The maximum atomic E-state index is 3.45. The van der Waals surface area contributed by atoms with Crippen LogP contribution >= 0.6 is 0 Å². The Labute approximate surface area is 100 Å². The summed E-state index contributed by atoms with van der Waals surface area (Å²) < 4.78 is 0. The summed E-state index contributed by atoms with van der Waals surface area (Å²) in [6.45, 7) is 6.74. The Morgan fingerprint density at radius 1 is 0.938 bits per heavy atom. The second-order valence-electron chi connectivity index (χ2n) is 4.42. The highest BCUT2D eigenvalue weighted by Crippen LogP contribution is 2.09. The molecule has 0 aromatic heterocycles. The van der Waals surface area contributed by atoms with Gasteiger partial charge >= 0.3 is 0 Å².